The number of carbonyl (C=O) groups excluding carboxylic acids is 1. The number of ether oxygens (including phenoxy) is 1. The fourth-order valence-corrected chi connectivity index (χ4v) is 3.85. The molecule has 3 rings (SSSR count). The van der Waals surface area contributed by atoms with Crippen molar-refractivity contribution in [2.45, 2.75) is 32.0 Å². The zero-order valence-corrected chi connectivity index (χ0v) is 10.7. The molecule has 96 valence electrons. The number of hydrogen-bond donors (Lipinski definition) is 1. The van der Waals surface area contributed by atoms with Crippen LogP contribution in [0.5, 0.6) is 0 Å². The van der Waals surface area contributed by atoms with Gasteiger partial charge in [0.15, 0.2) is 0 Å². The Kier molecular flexibility index (Phi) is 2.87. The van der Waals surface area contributed by atoms with E-state index in [0.717, 1.165) is 19.6 Å². The van der Waals surface area contributed by atoms with E-state index in [9.17, 15) is 4.79 Å². The lowest BCUT2D eigenvalue weighted by Crippen LogP contribution is -2.38. The van der Waals surface area contributed by atoms with Gasteiger partial charge in [0.1, 0.15) is 0 Å². The van der Waals surface area contributed by atoms with Crippen molar-refractivity contribution in [3.8, 4) is 0 Å². The third-order valence-electron chi connectivity index (χ3n) is 4.70. The maximum Gasteiger partial charge on any atom is 0.226 e. The van der Waals surface area contributed by atoms with Gasteiger partial charge in [0.05, 0.1) is 12.2 Å². The summed E-state index contributed by atoms with van der Waals surface area (Å²) in [7, 11) is 1.90. The zero-order valence-electron chi connectivity index (χ0n) is 10.7. The number of likely N-dealkylation sites (tertiary alicyclic amines) is 1. The van der Waals surface area contributed by atoms with Gasteiger partial charge in [-0.2, -0.15) is 0 Å². The summed E-state index contributed by atoms with van der Waals surface area (Å²) in [5.41, 5.74) is 0. The Morgan fingerprint density at radius 1 is 1.35 bits per heavy atom. The first kappa shape index (κ1) is 11.5. The standard InChI is InChI=1S/C13H22N2O2/c1-8(5-14-2)13(16)15-6-9-10(7-15)12-4-3-11(9)17-12/h8-12,14H,3-7H2,1-2H3. The van der Waals surface area contributed by atoms with Crippen molar-refractivity contribution in [1.82, 2.24) is 10.2 Å². The summed E-state index contributed by atoms with van der Waals surface area (Å²) in [5, 5.41) is 3.08. The molecule has 3 fully saturated rings. The van der Waals surface area contributed by atoms with Crippen molar-refractivity contribution in [3.63, 3.8) is 0 Å². The van der Waals surface area contributed by atoms with Gasteiger partial charge < -0.3 is 15.0 Å². The molecule has 17 heavy (non-hydrogen) atoms. The zero-order chi connectivity index (χ0) is 12.0. The molecule has 3 heterocycles. The van der Waals surface area contributed by atoms with Crippen LogP contribution in [0.15, 0.2) is 0 Å². The van der Waals surface area contributed by atoms with E-state index in [1.165, 1.54) is 12.8 Å². The van der Waals surface area contributed by atoms with E-state index in [0.29, 0.717) is 30.0 Å². The number of rotatable bonds is 3. The van der Waals surface area contributed by atoms with Crippen molar-refractivity contribution < 1.29 is 9.53 Å². The van der Waals surface area contributed by atoms with Crippen LogP contribution in [-0.4, -0.2) is 49.7 Å². The van der Waals surface area contributed by atoms with Gasteiger partial charge in [0.25, 0.3) is 0 Å². The fraction of sp³-hybridized carbons (Fsp3) is 0.923. The number of nitrogens with one attached hydrogen (secondary N) is 1. The van der Waals surface area contributed by atoms with Crippen LogP contribution in [-0.2, 0) is 9.53 Å². The quantitative estimate of drug-likeness (QED) is 0.777. The summed E-state index contributed by atoms with van der Waals surface area (Å²) in [6.07, 6.45) is 3.31. The van der Waals surface area contributed by atoms with Crippen LogP contribution in [0.3, 0.4) is 0 Å². The molecule has 3 aliphatic heterocycles. The first-order valence-electron chi connectivity index (χ1n) is 6.79. The highest BCUT2D eigenvalue weighted by molar-refractivity contribution is 5.79. The number of fused-ring (bicyclic) bond motifs is 5. The van der Waals surface area contributed by atoms with Gasteiger partial charge >= 0.3 is 0 Å². The molecule has 3 saturated heterocycles. The van der Waals surface area contributed by atoms with E-state index in [-0.39, 0.29) is 5.92 Å². The van der Waals surface area contributed by atoms with E-state index >= 15 is 0 Å². The number of amides is 1. The summed E-state index contributed by atoms with van der Waals surface area (Å²) >= 11 is 0. The largest absolute Gasteiger partial charge is 0.374 e. The summed E-state index contributed by atoms with van der Waals surface area (Å²) in [6.45, 7) is 4.64. The minimum atomic E-state index is 0.0948. The highest BCUT2D eigenvalue weighted by atomic mass is 16.5. The van der Waals surface area contributed by atoms with Crippen LogP contribution in [0, 0.1) is 17.8 Å². The highest BCUT2D eigenvalue weighted by Gasteiger charge is 2.53. The molecule has 2 bridgehead atoms. The van der Waals surface area contributed by atoms with Crippen LogP contribution in [0.25, 0.3) is 0 Å². The van der Waals surface area contributed by atoms with E-state index in [4.69, 9.17) is 4.74 Å². The average molecular weight is 238 g/mol. The molecule has 1 amide bonds. The van der Waals surface area contributed by atoms with Gasteiger partial charge in [0, 0.05) is 37.4 Å². The van der Waals surface area contributed by atoms with Gasteiger partial charge in [-0.25, -0.2) is 0 Å². The van der Waals surface area contributed by atoms with Crippen LogP contribution < -0.4 is 5.32 Å². The Labute approximate surface area is 103 Å². The summed E-state index contributed by atoms with van der Waals surface area (Å²) < 4.78 is 5.93. The van der Waals surface area contributed by atoms with Gasteiger partial charge in [-0.1, -0.05) is 6.92 Å². The molecule has 0 aromatic heterocycles. The Morgan fingerprint density at radius 3 is 2.47 bits per heavy atom. The Hall–Kier alpha value is -0.610. The molecule has 0 aliphatic carbocycles. The molecule has 4 nitrogen and oxygen atoms in total. The molecule has 0 spiro atoms. The molecule has 4 heteroatoms. The van der Waals surface area contributed by atoms with Gasteiger partial charge in [-0.3, -0.25) is 4.79 Å². The number of carbonyl (C=O) groups is 1. The maximum absolute atomic E-state index is 12.2. The second-order valence-corrected chi connectivity index (χ2v) is 5.82. The summed E-state index contributed by atoms with van der Waals surface area (Å²) in [6, 6.07) is 0. The van der Waals surface area contributed by atoms with Gasteiger partial charge in [0.2, 0.25) is 5.91 Å². The topological polar surface area (TPSA) is 41.6 Å². The first-order valence-corrected chi connectivity index (χ1v) is 6.79. The van der Waals surface area contributed by atoms with Crippen LogP contribution in [0.1, 0.15) is 19.8 Å². The summed E-state index contributed by atoms with van der Waals surface area (Å²) in [4.78, 5) is 14.3. The predicted octanol–water partition coefficient (Wildman–Crippen LogP) is 0.478. The predicted molar refractivity (Wildman–Crippen MR) is 64.5 cm³/mol. The molecule has 0 radical (unpaired) electrons. The molecule has 0 aromatic rings. The van der Waals surface area contributed by atoms with Crippen molar-refractivity contribution in [2.75, 3.05) is 26.7 Å². The van der Waals surface area contributed by atoms with E-state index < -0.39 is 0 Å². The first-order chi connectivity index (χ1) is 8.20. The molecule has 1 N–H and O–H groups in total. The monoisotopic (exact) mass is 238 g/mol. The van der Waals surface area contributed by atoms with Crippen LogP contribution >= 0.6 is 0 Å². The van der Waals surface area contributed by atoms with Crippen LogP contribution in [0.2, 0.25) is 0 Å². The third kappa shape index (κ3) is 1.78. The lowest BCUT2D eigenvalue weighted by atomic mass is 9.82. The second kappa shape index (κ2) is 4.25. The van der Waals surface area contributed by atoms with E-state index in [2.05, 4.69) is 10.2 Å². The van der Waals surface area contributed by atoms with Gasteiger partial charge in [-0.05, 0) is 19.9 Å². The third-order valence-corrected chi connectivity index (χ3v) is 4.70. The molecule has 5 atom stereocenters. The lowest BCUT2D eigenvalue weighted by Gasteiger charge is -2.22. The molecular formula is C13H22N2O2. The molecular weight excluding hydrogens is 216 g/mol. The summed E-state index contributed by atoms with van der Waals surface area (Å²) in [5.74, 6) is 1.66. The Balaban J connectivity index is 1.63. The molecule has 0 saturated carbocycles. The Bertz CT molecular complexity index is 303. The maximum atomic E-state index is 12.2. The van der Waals surface area contributed by atoms with Crippen molar-refractivity contribution >= 4 is 5.91 Å². The van der Waals surface area contributed by atoms with E-state index in [1.807, 2.05) is 14.0 Å². The van der Waals surface area contributed by atoms with Crippen molar-refractivity contribution in [2.24, 2.45) is 17.8 Å². The van der Waals surface area contributed by atoms with Crippen molar-refractivity contribution in [1.29, 1.82) is 0 Å². The lowest BCUT2D eigenvalue weighted by molar-refractivity contribution is -0.134. The fourth-order valence-electron chi connectivity index (χ4n) is 3.85. The minimum absolute atomic E-state index is 0.0948. The molecule has 5 unspecified atom stereocenters. The second-order valence-electron chi connectivity index (χ2n) is 5.82. The normalized spacial score (nSPS) is 40.7. The number of nitrogens with zero attached hydrogens (tertiary/aromatic N) is 1. The van der Waals surface area contributed by atoms with E-state index in [1.54, 1.807) is 0 Å². The highest BCUT2D eigenvalue weighted by Crippen LogP contribution is 2.47. The molecule has 0 aromatic carbocycles. The number of hydrogen-bond acceptors (Lipinski definition) is 3. The minimum Gasteiger partial charge on any atom is -0.374 e. The van der Waals surface area contributed by atoms with Gasteiger partial charge in [-0.15, -0.1) is 0 Å². The van der Waals surface area contributed by atoms with Crippen molar-refractivity contribution in [3.05, 3.63) is 0 Å². The Morgan fingerprint density at radius 2 is 1.94 bits per heavy atom. The smallest absolute Gasteiger partial charge is 0.226 e. The average Bonchev–Trinajstić information content (AvgIpc) is 2.99. The van der Waals surface area contributed by atoms with Crippen LogP contribution in [0.4, 0.5) is 0 Å². The molecule has 3 aliphatic rings. The SMILES string of the molecule is CNCC(C)C(=O)N1CC2C3CCC(O3)C2C1.